The number of nitrogens with zero attached hydrogens (tertiary/aromatic N) is 2. The van der Waals surface area contributed by atoms with Gasteiger partial charge in [0.25, 0.3) is 0 Å². The van der Waals surface area contributed by atoms with Gasteiger partial charge in [0.05, 0.1) is 0 Å². The number of rotatable bonds is 5. The van der Waals surface area contributed by atoms with Gasteiger partial charge in [0.1, 0.15) is 11.4 Å². The van der Waals surface area contributed by atoms with Crippen molar-refractivity contribution in [3.63, 3.8) is 0 Å². The van der Waals surface area contributed by atoms with E-state index < -0.39 is 0 Å². The zero-order valence-electron chi connectivity index (χ0n) is 17.2. The van der Waals surface area contributed by atoms with Gasteiger partial charge < -0.3 is 20.4 Å². The highest BCUT2D eigenvalue weighted by molar-refractivity contribution is 7.80. The number of fused-ring (bicyclic) bond motifs is 1. The Morgan fingerprint density at radius 2 is 1.55 bits per heavy atom. The quantitative estimate of drug-likeness (QED) is 0.242. The highest BCUT2D eigenvalue weighted by atomic mass is 35.5. The third-order valence-corrected chi connectivity index (χ3v) is 5.41. The number of aromatic nitrogens is 3. The summed E-state index contributed by atoms with van der Waals surface area (Å²) in [4.78, 5) is 12.0. The van der Waals surface area contributed by atoms with E-state index in [4.69, 9.17) is 28.6 Å². The predicted molar refractivity (Wildman–Crippen MR) is 137 cm³/mol. The average molecular weight is 472 g/mol. The van der Waals surface area contributed by atoms with Crippen LogP contribution in [0.5, 0.6) is 11.6 Å². The second-order valence-electron chi connectivity index (χ2n) is 7.17. The lowest BCUT2D eigenvalue weighted by molar-refractivity contribution is 0.465. The van der Waals surface area contributed by atoms with Crippen molar-refractivity contribution in [2.75, 3.05) is 10.6 Å². The molecule has 0 aliphatic heterocycles. The van der Waals surface area contributed by atoms with Crippen LogP contribution in [0.2, 0.25) is 5.02 Å². The third kappa shape index (κ3) is 4.79. The van der Waals surface area contributed by atoms with E-state index in [-0.39, 0.29) is 0 Å². The van der Waals surface area contributed by atoms with Crippen molar-refractivity contribution in [2.45, 2.75) is 0 Å². The number of ether oxygens (including phenoxy) is 1. The number of pyridine rings is 2. The maximum Gasteiger partial charge on any atom is 0.227 e. The SMILES string of the molecule is S=C(Nc1ccc(Cl)cc1)Nc1ccc(Oc2ncccc2-c2ccnc3[nH]ccc23)cc1. The van der Waals surface area contributed by atoms with Crippen LogP contribution in [-0.4, -0.2) is 20.1 Å². The molecule has 6 nitrogen and oxygen atoms in total. The van der Waals surface area contributed by atoms with Gasteiger partial charge in [-0.05, 0) is 90.6 Å². The van der Waals surface area contributed by atoms with Gasteiger partial charge in [-0.1, -0.05) is 11.6 Å². The second kappa shape index (κ2) is 9.28. The number of aromatic amines is 1. The zero-order chi connectivity index (χ0) is 22.6. The molecule has 8 heteroatoms. The fourth-order valence-electron chi connectivity index (χ4n) is 3.42. The van der Waals surface area contributed by atoms with Gasteiger partial charge in [0.2, 0.25) is 5.88 Å². The minimum absolute atomic E-state index is 0.478. The number of anilines is 2. The summed E-state index contributed by atoms with van der Waals surface area (Å²) in [6.45, 7) is 0. The molecule has 0 saturated heterocycles. The molecule has 0 saturated carbocycles. The van der Waals surface area contributed by atoms with E-state index in [2.05, 4.69) is 25.6 Å². The second-order valence-corrected chi connectivity index (χ2v) is 8.01. The van der Waals surface area contributed by atoms with Gasteiger partial charge >= 0.3 is 0 Å². The molecular formula is C25H18ClN5OS. The number of hydrogen-bond donors (Lipinski definition) is 3. The van der Waals surface area contributed by atoms with E-state index in [0.29, 0.717) is 21.8 Å². The fraction of sp³-hybridized carbons (Fsp3) is 0. The maximum absolute atomic E-state index is 6.13. The van der Waals surface area contributed by atoms with Crippen LogP contribution in [0.3, 0.4) is 0 Å². The zero-order valence-corrected chi connectivity index (χ0v) is 18.8. The van der Waals surface area contributed by atoms with Crippen molar-refractivity contribution in [1.82, 2.24) is 15.0 Å². The topological polar surface area (TPSA) is 74.9 Å². The molecular weight excluding hydrogens is 454 g/mol. The summed E-state index contributed by atoms with van der Waals surface area (Å²) in [6, 6.07) is 22.7. The van der Waals surface area contributed by atoms with Crippen LogP contribution in [0, 0.1) is 0 Å². The minimum atomic E-state index is 0.478. The first kappa shape index (κ1) is 20.9. The smallest absolute Gasteiger partial charge is 0.227 e. The van der Waals surface area contributed by atoms with Gasteiger partial charge in [0.15, 0.2) is 5.11 Å². The summed E-state index contributed by atoms with van der Waals surface area (Å²) in [5.41, 5.74) is 4.40. The Morgan fingerprint density at radius 1 is 0.818 bits per heavy atom. The molecule has 0 bridgehead atoms. The van der Waals surface area contributed by atoms with E-state index in [0.717, 1.165) is 33.5 Å². The van der Waals surface area contributed by atoms with Gasteiger partial charge in [-0.3, -0.25) is 0 Å². The van der Waals surface area contributed by atoms with Crippen LogP contribution in [-0.2, 0) is 0 Å². The third-order valence-electron chi connectivity index (χ3n) is 4.95. The Kier molecular flexibility index (Phi) is 5.89. The Labute approximate surface area is 200 Å². The van der Waals surface area contributed by atoms with E-state index in [1.54, 1.807) is 24.5 Å². The molecule has 3 aromatic heterocycles. The normalized spacial score (nSPS) is 10.7. The molecule has 0 atom stereocenters. The molecule has 33 heavy (non-hydrogen) atoms. The molecule has 0 unspecified atom stereocenters. The lowest BCUT2D eigenvalue weighted by Gasteiger charge is -2.13. The van der Waals surface area contributed by atoms with Gasteiger partial charge in [-0.2, -0.15) is 0 Å². The average Bonchev–Trinajstić information content (AvgIpc) is 3.31. The highest BCUT2D eigenvalue weighted by Crippen LogP contribution is 2.35. The number of thiocarbonyl (C=S) groups is 1. The van der Waals surface area contributed by atoms with Crippen LogP contribution in [0.4, 0.5) is 11.4 Å². The molecule has 0 radical (unpaired) electrons. The van der Waals surface area contributed by atoms with Crippen molar-refractivity contribution in [1.29, 1.82) is 0 Å². The molecule has 0 amide bonds. The van der Waals surface area contributed by atoms with Gasteiger partial charge in [-0.25, -0.2) is 9.97 Å². The maximum atomic E-state index is 6.13. The summed E-state index contributed by atoms with van der Waals surface area (Å²) in [7, 11) is 0. The summed E-state index contributed by atoms with van der Waals surface area (Å²) in [5, 5.41) is 8.44. The van der Waals surface area contributed by atoms with Crippen molar-refractivity contribution in [3.05, 3.63) is 96.4 Å². The Balaban J connectivity index is 1.31. The Bertz CT molecular complexity index is 1420. The van der Waals surface area contributed by atoms with E-state index >= 15 is 0 Å². The summed E-state index contributed by atoms with van der Waals surface area (Å²) >= 11 is 11.3. The minimum Gasteiger partial charge on any atom is -0.438 e. The van der Waals surface area contributed by atoms with E-state index in [1.807, 2.05) is 66.9 Å². The summed E-state index contributed by atoms with van der Waals surface area (Å²) in [5.74, 6) is 1.18. The monoisotopic (exact) mass is 471 g/mol. The largest absolute Gasteiger partial charge is 0.438 e. The molecule has 5 rings (SSSR count). The van der Waals surface area contributed by atoms with E-state index in [1.165, 1.54) is 0 Å². The predicted octanol–water partition coefficient (Wildman–Crippen LogP) is 6.88. The van der Waals surface area contributed by atoms with Crippen LogP contribution in [0.25, 0.3) is 22.2 Å². The molecule has 3 N–H and O–H groups in total. The lowest BCUT2D eigenvalue weighted by atomic mass is 10.1. The van der Waals surface area contributed by atoms with E-state index in [9.17, 15) is 0 Å². The van der Waals surface area contributed by atoms with Crippen molar-refractivity contribution >= 4 is 51.3 Å². The standard InChI is InChI=1S/C25H18ClN5OS/c26-16-3-5-17(6-4-16)30-25(33)31-18-7-9-19(10-8-18)32-24-22(2-1-13-29-24)20-11-14-27-23-21(20)12-15-28-23/h1-15H,(H,27,28)(H2,30,31,33). The van der Waals surface area contributed by atoms with Crippen molar-refractivity contribution < 1.29 is 4.74 Å². The first-order valence-electron chi connectivity index (χ1n) is 10.1. The van der Waals surface area contributed by atoms with Crippen LogP contribution < -0.4 is 15.4 Å². The van der Waals surface area contributed by atoms with Crippen molar-refractivity contribution in [3.8, 4) is 22.8 Å². The summed E-state index contributed by atoms with van der Waals surface area (Å²) < 4.78 is 6.13. The molecule has 3 heterocycles. The Hall–Kier alpha value is -3.94. The molecule has 2 aromatic carbocycles. The number of H-pyrrole nitrogens is 1. The highest BCUT2D eigenvalue weighted by Gasteiger charge is 2.12. The van der Waals surface area contributed by atoms with Crippen LogP contribution in [0.1, 0.15) is 0 Å². The molecule has 0 spiro atoms. The number of halogens is 1. The fourth-order valence-corrected chi connectivity index (χ4v) is 3.78. The number of nitrogens with one attached hydrogen (secondary N) is 3. The van der Waals surface area contributed by atoms with Crippen LogP contribution >= 0.6 is 23.8 Å². The molecule has 162 valence electrons. The van der Waals surface area contributed by atoms with Crippen molar-refractivity contribution in [2.24, 2.45) is 0 Å². The van der Waals surface area contributed by atoms with Gasteiger partial charge in [-0.15, -0.1) is 0 Å². The number of benzene rings is 2. The first-order valence-corrected chi connectivity index (χ1v) is 10.9. The van der Waals surface area contributed by atoms with Gasteiger partial charge in [0, 0.05) is 45.9 Å². The number of hydrogen-bond acceptors (Lipinski definition) is 4. The molecule has 0 fully saturated rings. The van der Waals surface area contributed by atoms with Crippen LogP contribution in [0.15, 0.2) is 91.4 Å². The molecule has 5 aromatic rings. The molecule has 0 aliphatic rings. The first-order chi connectivity index (χ1) is 16.2. The molecule has 0 aliphatic carbocycles. The Morgan fingerprint density at radius 3 is 2.30 bits per heavy atom. The summed E-state index contributed by atoms with van der Waals surface area (Å²) in [6.07, 6.45) is 5.35. The lowest BCUT2D eigenvalue weighted by Crippen LogP contribution is -2.18.